The zero-order valence-corrected chi connectivity index (χ0v) is 11.0. The van der Waals surface area contributed by atoms with E-state index in [2.05, 4.69) is 38.1 Å². The highest BCUT2D eigenvalue weighted by Gasteiger charge is 2.53. The molecule has 1 fully saturated rings. The van der Waals surface area contributed by atoms with Crippen LogP contribution in [0.3, 0.4) is 0 Å². The molecule has 2 unspecified atom stereocenters. The summed E-state index contributed by atoms with van der Waals surface area (Å²) in [5, 5.41) is 0. The van der Waals surface area contributed by atoms with Crippen LogP contribution in [-0.2, 0) is 11.8 Å². The van der Waals surface area contributed by atoms with Crippen LogP contribution >= 0.6 is 0 Å². The van der Waals surface area contributed by atoms with Crippen molar-refractivity contribution in [3.63, 3.8) is 0 Å². The van der Waals surface area contributed by atoms with Crippen LogP contribution in [0, 0.1) is 5.92 Å². The minimum absolute atomic E-state index is 0.0135. The predicted molar refractivity (Wildman–Crippen MR) is 72.0 cm³/mol. The number of hydrogen-bond acceptors (Lipinski definition) is 1. The Labute approximate surface area is 104 Å². The first kappa shape index (κ1) is 11.3. The lowest BCUT2D eigenvalue weighted by molar-refractivity contribution is 0.0785. The molecule has 0 heterocycles. The van der Waals surface area contributed by atoms with Gasteiger partial charge in [-0.2, -0.15) is 0 Å². The van der Waals surface area contributed by atoms with Gasteiger partial charge in [-0.3, -0.25) is 0 Å². The maximum atomic E-state index is 6.86. The molecule has 0 aliphatic heterocycles. The van der Waals surface area contributed by atoms with E-state index in [9.17, 15) is 0 Å². The molecule has 17 heavy (non-hydrogen) atoms. The van der Waals surface area contributed by atoms with E-state index in [1.807, 2.05) is 0 Å². The van der Waals surface area contributed by atoms with E-state index < -0.39 is 0 Å². The zero-order valence-electron chi connectivity index (χ0n) is 11.0. The highest BCUT2D eigenvalue weighted by atomic mass is 14.8. The second kappa shape index (κ2) is 3.58. The first-order valence-electron chi connectivity index (χ1n) is 6.95. The van der Waals surface area contributed by atoms with Crippen molar-refractivity contribution < 1.29 is 0 Å². The van der Waals surface area contributed by atoms with Crippen molar-refractivity contribution in [1.29, 1.82) is 0 Å². The summed E-state index contributed by atoms with van der Waals surface area (Å²) in [6, 6.07) is 8.95. The van der Waals surface area contributed by atoms with Crippen molar-refractivity contribution in [3.8, 4) is 0 Å². The Kier molecular flexibility index (Phi) is 2.38. The molecular weight excluding hydrogens is 206 g/mol. The number of fused-ring (bicyclic) bond motifs is 3. The summed E-state index contributed by atoms with van der Waals surface area (Å²) < 4.78 is 0. The minimum Gasteiger partial charge on any atom is -0.324 e. The van der Waals surface area contributed by atoms with Gasteiger partial charge in [0.2, 0.25) is 0 Å². The fraction of sp³-hybridized carbons (Fsp3) is 0.625. The molecular formula is C16H23N. The smallest absolute Gasteiger partial charge is 0.0278 e. The fourth-order valence-corrected chi connectivity index (χ4v) is 4.32. The SMILES string of the molecule is CC1CCC[C@]2(C)c3ccccc3CCC12N. The van der Waals surface area contributed by atoms with Crippen molar-refractivity contribution >= 4 is 0 Å². The molecule has 0 spiro atoms. The van der Waals surface area contributed by atoms with Gasteiger partial charge in [-0.05, 0) is 42.7 Å². The van der Waals surface area contributed by atoms with Crippen LogP contribution in [0.2, 0.25) is 0 Å². The normalized spacial score (nSPS) is 40.5. The quantitative estimate of drug-likeness (QED) is 0.725. The third-order valence-corrected chi connectivity index (χ3v) is 5.64. The molecule has 0 amide bonds. The summed E-state index contributed by atoms with van der Waals surface area (Å²) in [6.07, 6.45) is 6.19. The maximum absolute atomic E-state index is 6.86. The van der Waals surface area contributed by atoms with Gasteiger partial charge in [0.15, 0.2) is 0 Å². The Morgan fingerprint density at radius 2 is 2.00 bits per heavy atom. The standard InChI is InChI=1S/C16H23N/c1-12-6-5-10-15(2)14-8-4-3-7-13(14)9-11-16(12,15)17/h3-4,7-8,12H,5-6,9-11,17H2,1-2H3/t12?,15-,16?/m1/s1. The Morgan fingerprint density at radius 1 is 1.24 bits per heavy atom. The summed E-state index contributed by atoms with van der Waals surface area (Å²) >= 11 is 0. The summed E-state index contributed by atoms with van der Waals surface area (Å²) in [5.41, 5.74) is 10.1. The number of aryl methyl sites for hydroxylation is 1. The highest BCUT2D eigenvalue weighted by Crippen LogP contribution is 2.53. The molecule has 3 atom stereocenters. The number of nitrogens with two attached hydrogens (primary N) is 1. The summed E-state index contributed by atoms with van der Waals surface area (Å²) in [7, 11) is 0. The van der Waals surface area contributed by atoms with Gasteiger partial charge in [0.05, 0.1) is 0 Å². The Morgan fingerprint density at radius 3 is 2.82 bits per heavy atom. The van der Waals surface area contributed by atoms with Gasteiger partial charge in [0, 0.05) is 11.0 Å². The van der Waals surface area contributed by atoms with Gasteiger partial charge in [0.1, 0.15) is 0 Å². The molecule has 0 radical (unpaired) electrons. The molecule has 1 heteroatoms. The second-order valence-electron chi connectivity index (χ2n) is 6.32. The fourth-order valence-electron chi connectivity index (χ4n) is 4.32. The van der Waals surface area contributed by atoms with Crippen LogP contribution in [0.4, 0.5) is 0 Å². The zero-order chi connectivity index (χ0) is 12.1. The van der Waals surface area contributed by atoms with E-state index in [0.717, 1.165) is 12.8 Å². The van der Waals surface area contributed by atoms with Crippen molar-refractivity contribution in [2.75, 3.05) is 0 Å². The topological polar surface area (TPSA) is 26.0 Å². The minimum atomic E-state index is 0.0135. The van der Waals surface area contributed by atoms with Gasteiger partial charge < -0.3 is 5.73 Å². The molecule has 1 nitrogen and oxygen atoms in total. The molecule has 0 saturated heterocycles. The van der Waals surface area contributed by atoms with Gasteiger partial charge in [-0.1, -0.05) is 44.5 Å². The molecule has 1 saturated carbocycles. The van der Waals surface area contributed by atoms with Crippen LogP contribution in [0.15, 0.2) is 24.3 Å². The number of rotatable bonds is 0. The molecule has 2 aliphatic rings. The molecule has 3 rings (SSSR count). The van der Waals surface area contributed by atoms with Crippen molar-refractivity contribution in [2.24, 2.45) is 11.7 Å². The molecule has 0 aromatic heterocycles. The Balaban J connectivity index is 2.16. The Bertz CT molecular complexity index is 439. The molecule has 0 bridgehead atoms. The maximum Gasteiger partial charge on any atom is 0.0278 e. The van der Waals surface area contributed by atoms with Crippen LogP contribution in [-0.4, -0.2) is 5.54 Å². The van der Waals surface area contributed by atoms with Gasteiger partial charge in [0.25, 0.3) is 0 Å². The summed E-state index contributed by atoms with van der Waals surface area (Å²) in [5.74, 6) is 0.648. The van der Waals surface area contributed by atoms with Crippen molar-refractivity contribution in [2.45, 2.75) is 56.9 Å². The number of hydrogen-bond donors (Lipinski definition) is 1. The van der Waals surface area contributed by atoms with Crippen LogP contribution in [0.5, 0.6) is 0 Å². The lowest BCUT2D eigenvalue weighted by Gasteiger charge is -2.57. The third kappa shape index (κ3) is 1.35. The number of benzene rings is 1. The molecule has 1 aromatic carbocycles. The first-order chi connectivity index (χ1) is 8.08. The van der Waals surface area contributed by atoms with E-state index in [1.165, 1.54) is 30.4 Å². The van der Waals surface area contributed by atoms with E-state index >= 15 is 0 Å². The largest absolute Gasteiger partial charge is 0.324 e. The van der Waals surface area contributed by atoms with Crippen LogP contribution in [0.1, 0.15) is 50.7 Å². The molecule has 2 aliphatic carbocycles. The summed E-state index contributed by atoms with van der Waals surface area (Å²) in [4.78, 5) is 0. The van der Waals surface area contributed by atoms with Crippen LogP contribution in [0.25, 0.3) is 0 Å². The molecule has 92 valence electrons. The predicted octanol–water partition coefficient (Wildman–Crippen LogP) is 3.41. The van der Waals surface area contributed by atoms with Crippen molar-refractivity contribution in [1.82, 2.24) is 0 Å². The van der Waals surface area contributed by atoms with E-state index in [1.54, 1.807) is 0 Å². The van der Waals surface area contributed by atoms with Crippen LogP contribution < -0.4 is 5.73 Å². The molecule has 2 N–H and O–H groups in total. The van der Waals surface area contributed by atoms with E-state index in [4.69, 9.17) is 5.73 Å². The second-order valence-corrected chi connectivity index (χ2v) is 6.32. The third-order valence-electron chi connectivity index (χ3n) is 5.64. The average Bonchev–Trinajstić information content (AvgIpc) is 2.33. The lowest BCUT2D eigenvalue weighted by atomic mass is 9.51. The Hall–Kier alpha value is -0.820. The molecule has 1 aromatic rings. The van der Waals surface area contributed by atoms with E-state index in [-0.39, 0.29) is 11.0 Å². The van der Waals surface area contributed by atoms with E-state index in [0.29, 0.717) is 5.92 Å². The van der Waals surface area contributed by atoms with Gasteiger partial charge in [-0.15, -0.1) is 0 Å². The highest BCUT2D eigenvalue weighted by molar-refractivity contribution is 5.41. The first-order valence-corrected chi connectivity index (χ1v) is 6.95. The van der Waals surface area contributed by atoms with Gasteiger partial charge in [-0.25, -0.2) is 0 Å². The van der Waals surface area contributed by atoms with Crippen molar-refractivity contribution in [3.05, 3.63) is 35.4 Å². The average molecular weight is 229 g/mol. The summed E-state index contributed by atoms with van der Waals surface area (Å²) in [6.45, 7) is 4.76. The van der Waals surface area contributed by atoms with Gasteiger partial charge >= 0.3 is 0 Å². The lowest BCUT2D eigenvalue weighted by Crippen LogP contribution is -2.64. The monoisotopic (exact) mass is 229 g/mol.